The molecule has 0 unspecified atom stereocenters. The summed E-state index contributed by atoms with van der Waals surface area (Å²) in [5, 5.41) is 0. The van der Waals surface area contributed by atoms with Crippen molar-refractivity contribution in [3.05, 3.63) is 35.8 Å². The third-order valence-corrected chi connectivity index (χ3v) is 1.65. The smallest absolute Gasteiger partial charge is 0.198 e. The second kappa shape index (κ2) is 2.86. The molecule has 2 rings (SSSR count). The van der Waals surface area contributed by atoms with Gasteiger partial charge >= 0.3 is 0 Å². The van der Waals surface area contributed by atoms with Gasteiger partial charge in [0.15, 0.2) is 4.77 Å². The minimum atomic E-state index is 0.473. The van der Waals surface area contributed by atoms with Gasteiger partial charge in [-0.3, -0.25) is 4.57 Å². The van der Waals surface area contributed by atoms with Crippen LogP contribution in [0.25, 0.3) is 5.82 Å². The average molecular weight is 178 g/mol. The number of nitrogens with zero attached hydrogens (tertiary/aromatic N) is 3. The van der Waals surface area contributed by atoms with E-state index in [2.05, 4.69) is 15.0 Å². The molecule has 0 aliphatic heterocycles. The van der Waals surface area contributed by atoms with Gasteiger partial charge in [0, 0.05) is 18.6 Å². The highest BCUT2D eigenvalue weighted by molar-refractivity contribution is 7.71. The molecule has 0 spiro atoms. The van der Waals surface area contributed by atoms with Crippen molar-refractivity contribution in [3.8, 4) is 5.82 Å². The Morgan fingerprint density at radius 1 is 1.42 bits per heavy atom. The van der Waals surface area contributed by atoms with Crippen LogP contribution in [0.15, 0.2) is 31.0 Å². The Hall–Kier alpha value is -1.49. The monoisotopic (exact) mass is 178 g/mol. The molecule has 4 nitrogen and oxygen atoms in total. The molecule has 1 N–H and O–H groups in total. The molecular weight excluding hydrogens is 172 g/mol. The summed E-state index contributed by atoms with van der Waals surface area (Å²) in [6.45, 7) is 0. The number of imidazole rings is 1. The van der Waals surface area contributed by atoms with Gasteiger partial charge in [-0.05, 0) is 18.3 Å². The summed E-state index contributed by atoms with van der Waals surface area (Å²) in [5.74, 6) is 0.868. The fourth-order valence-electron chi connectivity index (χ4n) is 0.911. The van der Waals surface area contributed by atoms with Crippen LogP contribution in [0.2, 0.25) is 0 Å². The molecule has 0 amide bonds. The first-order valence-electron chi connectivity index (χ1n) is 3.40. The van der Waals surface area contributed by atoms with Gasteiger partial charge in [-0.25, -0.2) is 9.97 Å². The van der Waals surface area contributed by atoms with Crippen molar-refractivity contribution in [2.45, 2.75) is 0 Å². The van der Waals surface area contributed by atoms with Crippen molar-refractivity contribution < 1.29 is 0 Å². The molecular formula is C7H6N4S. The summed E-state index contributed by atoms with van der Waals surface area (Å²) in [6.07, 6.45) is 6.90. The molecule has 0 bridgehead atoms. The molecule has 0 saturated carbocycles. The highest BCUT2D eigenvalue weighted by atomic mass is 32.1. The van der Waals surface area contributed by atoms with Crippen LogP contribution in [-0.4, -0.2) is 19.5 Å². The summed E-state index contributed by atoms with van der Waals surface area (Å²) in [7, 11) is 0. The minimum absolute atomic E-state index is 0.473. The van der Waals surface area contributed by atoms with Gasteiger partial charge in [0.1, 0.15) is 12.1 Å². The number of aromatic amines is 1. The van der Waals surface area contributed by atoms with E-state index >= 15 is 0 Å². The van der Waals surface area contributed by atoms with E-state index in [1.165, 1.54) is 0 Å². The molecule has 2 heterocycles. The Bertz CT molecular complexity index is 417. The van der Waals surface area contributed by atoms with Crippen LogP contribution in [0, 0.1) is 4.77 Å². The van der Waals surface area contributed by atoms with E-state index in [0.717, 1.165) is 5.82 Å². The first kappa shape index (κ1) is 7.17. The maximum absolute atomic E-state index is 4.87. The Morgan fingerprint density at radius 2 is 2.33 bits per heavy atom. The van der Waals surface area contributed by atoms with E-state index in [1.807, 2.05) is 16.8 Å². The predicted octanol–water partition coefficient (Wildman–Crippen LogP) is 1.32. The number of rotatable bonds is 1. The summed E-state index contributed by atoms with van der Waals surface area (Å²) in [4.78, 5) is 10.7. The number of hydrogen-bond donors (Lipinski definition) is 1. The van der Waals surface area contributed by atoms with Crippen molar-refractivity contribution in [2.75, 3.05) is 0 Å². The molecule has 12 heavy (non-hydrogen) atoms. The van der Waals surface area contributed by atoms with Crippen molar-refractivity contribution in [1.29, 1.82) is 0 Å². The number of H-pyrrole nitrogens is 1. The molecule has 0 atom stereocenters. The Kier molecular flexibility index (Phi) is 1.71. The average Bonchev–Trinajstić information content (AvgIpc) is 2.56. The fourth-order valence-corrected chi connectivity index (χ4v) is 1.08. The lowest BCUT2D eigenvalue weighted by atomic mass is 10.6. The molecule has 5 heteroatoms. The standard InChI is InChI=1S/C7H6N4S/c12-7-9-2-1-6(10-7)11-4-3-8-5-11/h1-5H,(H,9,10,12). The van der Waals surface area contributed by atoms with Crippen LogP contribution in [-0.2, 0) is 0 Å². The van der Waals surface area contributed by atoms with Crippen LogP contribution in [0.5, 0.6) is 0 Å². The van der Waals surface area contributed by atoms with Crippen LogP contribution < -0.4 is 0 Å². The zero-order valence-electron chi connectivity index (χ0n) is 6.14. The quantitative estimate of drug-likeness (QED) is 0.670. The van der Waals surface area contributed by atoms with E-state index in [4.69, 9.17) is 12.2 Å². The van der Waals surface area contributed by atoms with Crippen LogP contribution in [0.3, 0.4) is 0 Å². The molecule has 0 radical (unpaired) electrons. The maximum Gasteiger partial charge on any atom is 0.198 e. The zero-order valence-corrected chi connectivity index (χ0v) is 6.95. The van der Waals surface area contributed by atoms with E-state index in [0.29, 0.717) is 4.77 Å². The Morgan fingerprint density at radius 3 is 3.00 bits per heavy atom. The van der Waals surface area contributed by atoms with Crippen molar-refractivity contribution in [1.82, 2.24) is 19.5 Å². The van der Waals surface area contributed by atoms with Gasteiger partial charge in [0.2, 0.25) is 0 Å². The molecule has 60 valence electrons. The minimum Gasteiger partial charge on any atom is -0.317 e. The van der Waals surface area contributed by atoms with Crippen molar-refractivity contribution in [2.24, 2.45) is 0 Å². The largest absolute Gasteiger partial charge is 0.317 e. The predicted molar refractivity (Wildman–Crippen MR) is 46.5 cm³/mol. The normalized spacial score (nSPS) is 10.0. The van der Waals surface area contributed by atoms with Crippen LogP contribution >= 0.6 is 12.2 Å². The topological polar surface area (TPSA) is 46.5 Å². The first-order valence-corrected chi connectivity index (χ1v) is 3.81. The van der Waals surface area contributed by atoms with Crippen LogP contribution in [0.4, 0.5) is 0 Å². The van der Waals surface area contributed by atoms with Crippen molar-refractivity contribution in [3.63, 3.8) is 0 Å². The summed E-state index contributed by atoms with van der Waals surface area (Å²) in [6, 6.07) is 1.83. The summed E-state index contributed by atoms with van der Waals surface area (Å²) >= 11 is 4.87. The van der Waals surface area contributed by atoms with Gasteiger partial charge in [-0.1, -0.05) is 0 Å². The third-order valence-electron chi connectivity index (χ3n) is 1.44. The SMILES string of the molecule is S=c1nccc(-n2ccnc2)[nH]1. The zero-order chi connectivity index (χ0) is 8.39. The van der Waals surface area contributed by atoms with Gasteiger partial charge < -0.3 is 4.98 Å². The van der Waals surface area contributed by atoms with Gasteiger partial charge in [-0.15, -0.1) is 0 Å². The number of nitrogens with one attached hydrogen (secondary N) is 1. The lowest BCUT2D eigenvalue weighted by molar-refractivity contribution is 0.961. The summed E-state index contributed by atoms with van der Waals surface area (Å²) in [5.41, 5.74) is 0. The van der Waals surface area contributed by atoms with E-state index in [9.17, 15) is 0 Å². The molecule has 2 aromatic heterocycles. The van der Waals surface area contributed by atoms with E-state index in [1.54, 1.807) is 18.7 Å². The molecule has 0 aliphatic carbocycles. The molecule has 0 aliphatic rings. The van der Waals surface area contributed by atoms with Crippen LogP contribution in [0.1, 0.15) is 0 Å². The molecule has 0 saturated heterocycles. The van der Waals surface area contributed by atoms with Gasteiger partial charge in [0.05, 0.1) is 0 Å². The molecule has 0 fully saturated rings. The highest BCUT2D eigenvalue weighted by Crippen LogP contribution is 1.99. The molecule has 0 aromatic carbocycles. The van der Waals surface area contributed by atoms with Crippen molar-refractivity contribution >= 4 is 12.2 Å². The Balaban J connectivity index is 2.55. The van der Waals surface area contributed by atoms with E-state index < -0.39 is 0 Å². The van der Waals surface area contributed by atoms with Gasteiger partial charge in [-0.2, -0.15) is 0 Å². The molecule has 2 aromatic rings. The van der Waals surface area contributed by atoms with Gasteiger partial charge in [0.25, 0.3) is 0 Å². The highest BCUT2D eigenvalue weighted by Gasteiger charge is 1.92. The second-order valence-corrected chi connectivity index (χ2v) is 2.62. The number of hydrogen-bond acceptors (Lipinski definition) is 3. The first-order chi connectivity index (χ1) is 5.86. The lowest BCUT2D eigenvalue weighted by Gasteiger charge is -1.99. The third kappa shape index (κ3) is 1.26. The fraction of sp³-hybridized carbons (Fsp3) is 0. The Labute approximate surface area is 73.9 Å². The maximum atomic E-state index is 4.87. The lowest BCUT2D eigenvalue weighted by Crippen LogP contribution is -1.94. The number of aromatic nitrogens is 4. The second-order valence-electron chi connectivity index (χ2n) is 2.23. The van der Waals surface area contributed by atoms with E-state index in [-0.39, 0.29) is 0 Å². The summed E-state index contributed by atoms with van der Waals surface area (Å²) < 4.78 is 2.30.